The highest BCUT2D eigenvalue weighted by molar-refractivity contribution is 5.96. The number of piperazine rings is 2. The molecule has 0 spiro atoms. The molecule has 0 atom stereocenters. The van der Waals surface area contributed by atoms with Gasteiger partial charge >= 0.3 is 0 Å². The third kappa shape index (κ3) is 5.82. The van der Waals surface area contributed by atoms with Gasteiger partial charge in [-0.1, -0.05) is 37.4 Å². The van der Waals surface area contributed by atoms with Crippen molar-refractivity contribution in [2.45, 2.75) is 20.4 Å². The molecule has 0 unspecified atom stereocenters. The Hall–Kier alpha value is -2.99. The van der Waals surface area contributed by atoms with Crippen LogP contribution in [0.25, 0.3) is 0 Å². The number of nitrogens with zero attached hydrogens (tertiary/aromatic N) is 4. The minimum atomic E-state index is 0.116. The summed E-state index contributed by atoms with van der Waals surface area (Å²) in [6.45, 7) is 19.4. The largest absolute Gasteiger partial charge is 0.385 e. The number of carbonyl (C=O) groups is 1. The number of hydrogen-bond donors (Lipinski definition) is 1. The molecule has 0 aliphatic carbocycles. The quantitative estimate of drug-likeness (QED) is 0.668. The molecular formula is C26H37N5O. The third-order valence-corrected chi connectivity index (χ3v) is 6.39. The summed E-state index contributed by atoms with van der Waals surface area (Å²) in [7, 11) is 0. The summed E-state index contributed by atoms with van der Waals surface area (Å²) < 4.78 is 0. The second kappa shape index (κ2) is 11.0. The Labute approximate surface area is 193 Å². The first-order valence-corrected chi connectivity index (χ1v) is 11.4. The maximum absolute atomic E-state index is 13.3. The number of rotatable bonds is 7. The Morgan fingerprint density at radius 2 is 1.53 bits per heavy atom. The molecule has 3 rings (SSSR count). The Morgan fingerprint density at radius 1 is 0.938 bits per heavy atom. The molecule has 0 aromatic heterocycles. The highest BCUT2D eigenvalue weighted by Gasteiger charge is 2.24. The maximum Gasteiger partial charge on any atom is 0.254 e. The Kier molecular flexibility index (Phi) is 8.17. The fourth-order valence-corrected chi connectivity index (χ4v) is 4.36. The number of amides is 1. The summed E-state index contributed by atoms with van der Waals surface area (Å²) in [6.07, 6.45) is 7.42. The predicted octanol–water partition coefficient (Wildman–Crippen LogP) is 2.95. The molecule has 1 aromatic carbocycles. The molecule has 0 radical (unpaired) electrons. The first kappa shape index (κ1) is 23.7. The first-order chi connectivity index (χ1) is 15.4. The van der Waals surface area contributed by atoms with Gasteiger partial charge in [0.1, 0.15) is 0 Å². The van der Waals surface area contributed by atoms with E-state index in [9.17, 15) is 4.79 Å². The molecule has 172 valence electrons. The van der Waals surface area contributed by atoms with Gasteiger partial charge in [0, 0.05) is 70.2 Å². The normalized spacial score (nSPS) is 18.6. The van der Waals surface area contributed by atoms with Crippen molar-refractivity contribution in [1.82, 2.24) is 19.6 Å². The van der Waals surface area contributed by atoms with Crippen LogP contribution < -0.4 is 5.73 Å². The molecule has 0 saturated carbocycles. The van der Waals surface area contributed by atoms with Gasteiger partial charge in [-0.2, -0.15) is 0 Å². The zero-order valence-electron chi connectivity index (χ0n) is 19.6. The van der Waals surface area contributed by atoms with Crippen LogP contribution in [0.4, 0.5) is 0 Å². The number of carbonyl (C=O) groups excluding carboxylic acids is 1. The molecule has 2 heterocycles. The van der Waals surface area contributed by atoms with Gasteiger partial charge in [0.2, 0.25) is 0 Å². The van der Waals surface area contributed by atoms with E-state index in [-0.39, 0.29) is 5.91 Å². The fraction of sp³-hybridized carbons (Fsp3) is 0.423. The SMILES string of the molecule is C=C/C=C(\C)N1CCN(Cc2ccc(C)c(C(=O)N3CCN(/C(N)=C/C=C)CC3)c2)CC1. The monoisotopic (exact) mass is 435 g/mol. The summed E-state index contributed by atoms with van der Waals surface area (Å²) in [5.74, 6) is 0.825. The van der Waals surface area contributed by atoms with Gasteiger partial charge in [0.25, 0.3) is 5.91 Å². The van der Waals surface area contributed by atoms with Crippen molar-refractivity contribution >= 4 is 5.91 Å². The fourth-order valence-electron chi connectivity index (χ4n) is 4.36. The van der Waals surface area contributed by atoms with Crippen LogP contribution in [0.1, 0.15) is 28.4 Å². The van der Waals surface area contributed by atoms with E-state index in [1.54, 1.807) is 6.08 Å². The average Bonchev–Trinajstić information content (AvgIpc) is 2.81. The van der Waals surface area contributed by atoms with E-state index in [1.165, 1.54) is 11.3 Å². The Morgan fingerprint density at radius 3 is 2.16 bits per heavy atom. The summed E-state index contributed by atoms with van der Waals surface area (Å²) >= 11 is 0. The van der Waals surface area contributed by atoms with Crippen LogP contribution in [-0.2, 0) is 6.54 Å². The standard InChI is InChI=1S/C26H37N5O/c1-5-7-22(4)29-13-11-28(12-14-29)20-23-10-9-21(3)24(19-23)26(32)31-17-15-30(16-18-31)25(27)8-6-2/h5-10,19H,1-2,11-18,20,27H2,3-4H3/b22-7+,25-8+. The van der Waals surface area contributed by atoms with E-state index in [4.69, 9.17) is 5.73 Å². The van der Waals surface area contributed by atoms with Gasteiger partial charge in [0.05, 0.1) is 5.82 Å². The van der Waals surface area contributed by atoms with Crippen LogP contribution in [0.5, 0.6) is 0 Å². The zero-order chi connectivity index (χ0) is 23.1. The smallest absolute Gasteiger partial charge is 0.254 e. The van der Waals surface area contributed by atoms with Crippen molar-refractivity contribution < 1.29 is 4.79 Å². The van der Waals surface area contributed by atoms with Crippen LogP contribution in [0, 0.1) is 6.92 Å². The van der Waals surface area contributed by atoms with E-state index >= 15 is 0 Å². The predicted molar refractivity (Wildman–Crippen MR) is 132 cm³/mol. The lowest BCUT2D eigenvalue weighted by atomic mass is 10.0. The summed E-state index contributed by atoms with van der Waals surface area (Å²) in [6, 6.07) is 6.32. The van der Waals surface area contributed by atoms with E-state index < -0.39 is 0 Å². The van der Waals surface area contributed by atoms with Crippen molar-refractivity contribution in [3.05, 3.63) is 83.9 Å². The second-order valence-electron chi connectivity index (χ2n) is 8.56. The first-order valence-electron chi connectivity index (χ1n) is 11.4. The molecule has 2 saturated heterocycles. The van der Waals surface area contributed by atoms with Gasteiger partial charge in [-0.15, -0.1) is 0 Å². The molecule has 2 aliphatic rings. The van der Waals surface area contributed by atoms with E-state index in [1.807, 2.05) is 24.0 Å². The van der Waals surface area contributed by atoms with Crippen LogP contribution in [0.3, 0.4) is 0 Å². The number of benzene rings is 1. The minimum absolute atomic E-state index is 0.116. The van der Waals surface area contributed by atoms with Gasteiger partial charge < -0.3 is 20.4 Å². The minimum Gasteiger partial charge on any atom is -0.385 e. The number of hydrogen-bond acceptors (Lipinski definition) is 5. The number of nitrogens with two attached hydrogens (primary N) is 1. The van der Waals surface area contributed by atoms with Gasteiger partial charge in [-0.25, -0.2) is 0 Å². The molecule has 32 heavy (non-hydrogen) atoms. The molecule has 1 aromatic rings. The Bertz CT molecular complexity index is 887. The van der Waals surface area contributed by atoms with Crippen molar-refractivity contribution in [2.24, 2.45) is 5.73 Å². The molecular weight excluding hydrogens is 398 g/mol. The molecule has 0 bridgehead atoms. The second-order valence-corrected chi connectivity index (χ2v) is 8.56. The highest BCUT2D eigenvalue weighted by Crippen LogP contribution is 2.18. The molecule has 1 amide bonds. The summed E-state index contributed by atoms with van der Waals surface area (Å²) in [5, 5.41) is 0. The van der Waals surface area contributed by atoms with Crippen molar-refractivity contribution in [1.29, 1.82) is 0 Å². The maximum atomic E-state index is 13.3. The molecule has 2 fully saturated rings. The molecule has 2 N–H and O–H groups in total. The lowest BCUT2D eigenvalue weighted by Gasteiger charge is -2.37. The summed E-state index contributed by atoms with van der Waals surface area (Å²) in [4.78, 5) is 22.2. The number of aryl methyl sites for hydroxylation is 1. The van der Waals surface area contributed by atoms with E-state index in [0.29, 0.717) is 18.9 Å². The van der Waals surface area contributed by atoms with Crippen molar-refractivity contribution in [2.75, 3.05) is 52.4 Å². The van der Waals surface area contributed by atoms with Gasteiger partial charge in [-0.3, -0.25) is 9.69 Å². The van der Waals surface area contributed by atoms with Crippen molar-refractivity contribution in [3.63, 3.8) is 0 Å². The zero-order valence-corrected chi connectivity index (χ0v) is 19.6. The van der Waals surface area contributed by atoms with E-state index in [0.717, 1.165) is 56.9 Å². The van der Waals surface area contributed by atoms with Crippen LogP contribution in [0.15, 0.2) is 67.2 Å². The van der Waals surface area contributed by atoms with Gasteiger partial charge in [-0.05, 0) is 43.2 Å². The van der Waals surface area contributed by atoms with E-state index in [2.05, 4.69) is 59.1 Å². The van der Waals surface area contributed by atoms with Gasteiger partial charge in [0.15, 0.2) is 0 Å². The highest BCUT2D eigenvalue weighted by atomic mass is 16.2. The van der Waals surface area contributed by atoms with Crippen LogP contribution in [-0.4, -0.2) is 77.9 Å². The summed E-state index contributed by atoms with van der Waals surface area (Å²) in [5.41, 5.74) is 10.4. The average molecular weight is 436 g/mol. The Balaban J connectivity index is 1.60. The lowest BCUT2D eigenvalue weighted by molar-refractivity contribution is 0.0667. The number of allylic oxidation sites excluding steroid dienone is 5. The van der Waals surface area contributed by atoms with Crippen LogP contribution in [0.2, 0.25) is 0 Å². The molecule has 2 aliphatic heterocycles. The van der Waals surface area contributed by atoms with Crippen molar-refractivity contribution in [3.8, 4) is 0 Å². The lowest BCUT2D eigenvalue weighted by Crippen LogP contribution is -2.49. The van der Waals surface area contributed by atoms with Crippen LogP contribution >= 0.6 is 0 Å². The molecule has 6 heteroatoms. The topological polar surface area (TPSA) is 56.0 Å². The molecule has 6 nitrogen and oxygen atoms in total. The third-order valence-electron chi connectivity index (χ3n) is 6.39.